The molecule has 26 N–H and O–H groups in total. The van der Waals surface area contributed by atoms with E-state index in [1.165, 1.54) is 81.8 Å². The summed E-state index contributed by atoms with van der Waals surface area (Å²) in [5.74, 6) is -19.8. The van der Waals surface area contributed by atoms with E-state index in [-0.39, 0.29) is 184 Å². The van der Waals surface area contributed by atoms with Crippen LogP contribution in [-0.2, 0) is 84.9 Å². The van der Waals surface area contributed by atoms with Gasteiger partial charge in [0.15, 0.2) is 0 Å². The van der Waals surface area contributed by atoms with Gasteiger partial charge < -0.3 is 141 Å². The first kappa shape index (κ1) is 118. The molecule has 5 unspecified atom stereocenters. The standard InChI is InChI=1S/C94H124FN21O33/c1-49(2)73(87(137)108-58(11-8-31-102-92(96)146)85(135)103-53-16-18-54(19-17-53)149-94(148)112(3)45-50-12-14-51(15-13-50)74-55-28-32-100-83(133)56-43-52(95)44-63(107-74)72(55)56)111-86(136)59(21-26-67(119)120)106-78-77(81(131)82(78)132)105-57(9-4-6-29-97-65(117)25-23-64(91(144)145)116-41-39-114(47-70(125)126)37-35-113(46-69(123)124)36-38-115(40-42-116)48-71(127)128)84(134)101-34-33-99-76-75(79(129)80(76)130)98-30-7-5-10-60(88(138)139)104-66(118)24-20-61(89(140)141)109-93(147)110-62(90(142)143)22-27-68(121)122/h12-19,43-44,49,57-62,64,73,98-99,105-107H,4-11,20-42,45-48H2,1-3H3,(H,97,117)(H,100,133)(H,101,134)(H,103,135)(H,104,118)(H,108,137)(H,111,136)(H,119,120)(H,121,122)(H,123,124)(H,125,126)(H,127,128)(H,138,139)(H,140,141)(H,142,143)(H,144,145)(H3,96,102,146)(H2,109,110,147)/t57?,58-,59-,60?,61?,62?,64?,73-/m0/s1. The lowest BCUT2D eigenvalue weighted by Gasteiger charge is -2.35. The normalized spacial score (nSPS) is 14.8. The fourth-order valence-corrected chi connectivity index (χ4v) is 16.5. The number of carboxylic acids is 9. The highest BCUT2D eigenvalue weighted by atomic mass is 19.1. The van der Waals surface area contributed by atoms with E-state index >= 15 is 0 Å². The number of urea groups is 2. The lowest BCUT2D eigenvalue weighted by molar-refractivity contribution is -0.145. The van der Waals surface area contributed by atoms with E-state index in [4.69, 9.17) is 15.6 Å². The van der Waals surface area contributed by atoms with Gasteiger partial charge in [0.1, 0.15) is 82.7 Å². The predicted octanol–water partition coefficient (Wildman–Crippen LogP) is -1.55. The second-order valence-corrected chi connectivity index (χ2v) is 35.9. The number of benzene rings is 3. The average Bonchev–Trinajstić information content (AvgIpc) is 1.65. The number of nitrogens with one attached hydrogen (secondary N) is 15. The second-order valence-electron chi connectivity index (χ2n) is 35.9. The van der Waals surface area contributed by atoms with E-state index in [0.717, 1.165) is 11.1 Å². The molecule has 0 radical (unpaired) electrons. The van der Waals surface area contributed by atoms with E-state index in [1.807, 2.05) is 22.8 Å². The number of hydrogen-bond acceptors (Lipinski definition) is 32. The molecule has 149 heavy (non-hydrogen) atoms. The van der Waals surface area contributed by atoms with E-state index in [1.54, 1.807) is 12.1 Å². The number of aromatic amines is 1. The minimum atomic E-state index is -1.80. The first-order valence-corrected chi connectivity index (χ1v) is 47.8. The summed E-state index contributed by atoms with van der Waals surface area (Å²) in [6, 6.07) is 0.329. The van der Waals surface area contributed by atoms with Gasteiger partial charge in [0.05, 0.1) is 25.2 Å². The Morgan fingerprint density at radius 3 is 1.48 bits per heavy atom. The summed E-state index contributed by atoms with van der Waals surface area (Å²) in [4.78, 5) is 306. The van der Waals surface area contributed by atoms with Crippen molar-refractivity contribution in [1.82, 2.24) is 77.3 Å². The molecule has 0 spiro atoms. The van der Waals surface area contributed by atoms with Crippen LogP contribution in [0.25, 0.3) is 22.2 Å². The van der Waals surface area contributed by atoms with Crippen LogP contribution in [0.15, 0.2) is 79.8 Å². The number of carbonyl (C=O) groups is 19. The van der Waals surface area contributed by atoms with Gasteiger partial charge >= 0.3 is 71.9 Å². The van der Waals surface area contributed by atoms with Crippen LogP contribution in [0.4, 0.5) is 47.2 Å². The largest absolute Gasteiger partial charge is 0.481 e. The summed E-state index contributed by atoms with van der Waals surface area (Å²) in [5, 5.41) is 123. The lowest BCUT2D eigenvalue weighted by Crippen LogP contribution is -2.57. The Kier molecular flexibility index (Phi) is 45.5. The molecule has 0 saturated carbocycles. The maximum atomic E-state index is 14.6. The highest BCUT2D eigenvalue weighted by molar-refractivity contribution is 6.10. The fraction of sp³-hybridized carbons (Fsp3) is 0.500. The van der Waals surface area contributed by atoms with Crippen molar-refractivity contribution < 1.29 is 146 Å². The number of ether oxygens (including phenoxy) is 1. The Hall–Kier alpha value is -16.3. The number of nitrogens with two attached hydrogens (primary N) is 1. The zero-order valence-corrected chi connectivity index (χ0v) is 81.7. The zero-order chi connectivity index (χ0) is 110. The first-order chi connectivity index (χ1) is 70.6. The molecule has 54 nitrogen and oxygen atoms in total. The highest BCUT2D eigenvalue weighted by Gasteiger charge is 2.38. The smallest absolute Gasteiger partial charge is 0.415 e. The summed E-state index contributed by atoms with van der Waals surface area (Å²) in [5.41, 5.74) is 2.97. The van der Waals surface area contributed by atoms with Crippen LogP contribution < -0.4 is 107 Å². The third-order valence-corrected chi connectivity index (χ3v) is 24.4. The van der Waals surface area contributed by atoms with E-state index in [0.29, 0.717) is 35.1 Å². The SMILES string of the molecule is CC(C)[C@H](NC(=O)[C@H](CCC(=O)O)Nc1c(NC(CCCCNC(=O)CCC(C(=O)O)N2CCN(CC(=O)O)CCN(CC(=O)O)CCN(CC(=O)O)CC2)C(=O)NCCNc2c(NCCCCC(NC(=O)CCC(NC(=O)NC(CCC(=O)O)C(=O)O)C(=O)O)C(=O)O)c(=O)c2=O)c(=O)c1=O)C(=O)N[C@@H](CCCNC(N)=O)C(=O)Nc1ccc(OC(=O)N(C)Cc2ccc(-c3[nH]c4cc(F)cc5c4c3CCNC5=O)cc2)cc1. The van der Waals surface area contributed by atoms with Gasteiger partial charge in [-0.2, -0.15) is 0 Å². The van der Waals surface area contributed by atoms with Crippen LogP contribution in [0.2, 0.25) is 0 Å². The fourth-order valence-electron chi connectivity index (χ4n) is 16.5. The predicted molar refractivity (Wildman–Crippen MR) is 528 cm³/mol. The van der Waals surface area contributed by atoms with Gasteiger partial charge in [0.25, 0.3) is 27.6 Å². The highest BCUT2D eigenvalue weighted by Crippen LogP contribution is 2.36. The van der Waals surface area contributed by atoms with Gasteiger partial charge in [0.2, 0.25) is 35.4 Å². The number of nitrogens with zero attached hydrogens (tertiary/aromatic N) is 5. The second kappa shape index (κ2) is 57.5. The minimum absolute atomic E-state index is 0.00266. The van der Waals surface area contributed by atoms with Gasteiger partial charge in [-0.1, -0.05) is 38.1 Å². The molecule has 810 valence electrons. The molecular formula is C94H124FN21O33. The summed E-state index contributed by atoms with van der Waals surface area (Å²) < 4.78 is 20.2. The van der Waals surface area contributed by atoms with E-state index in [2.05, 4.69) is 68.8 Å². The molecule has 1 saturated heterocycles. The lowest BCUT2D eigenvalue weighted by atomic mass is 9.99. The van der Waals surface area contributed by atoms with Crippen LogP contribution in [0.3, 0.4) is 0 Å². The van der Waals surface area contributed by atoms with Gasteiger partial charge in [-0.15, -0.1) is 0 Å². The van der Waals surface area contributed by atoms with Crippen molar-refractivity contribution in [2.75, 3.05) is 145 Å². The van der Waals surface area contributed by atoms with Gasteiger partial charge in [-0.05, 0) is 142 Å². The number of carboxylic acid groups (broad SMARTS) is 9. The van der Waals surface area contributed by atoms with Crippen LogP contribution in [0, 0.1) is 11.7 Å². The topological polar surface area (TPSA) is 810 Å². The zero-order valence-electron chi connectivity index (χ0n) is 81.7. The van der Waals surface area contributed by atoms with E-state index < -0.39 is 265 Å². The van der Waals surface area contributed by atoms with Crippen molar-refractivity contribution >= 4 is 153 Å². The third-order valence-electron chi connectivity index (χ3n) is 24.4. The molecule has 8 atom stereocenters. The number of unbranched alkanes of at least 4 members (excludes halogenated alkanes) is 2. The number of amides is 12. The Morgan fingerprint density at radius 1 is 0.463 bits per heavy atom. The number of halogens is 1. The molecule has 6 aromatic rings. The molecule has 2 aliphatic rings. The molecule has 0 bridgehead atoms. The average molecular weight is 2100 g/mol. The molecule has 5 aromatic carbocycles. The number of hydrogen-bond donors (Lipinski definition) is 25. The monoisotopic (exact) mass is 2090 g/mol. The molecule has 12 amide bonds. The summed E-state index contributed by atoms with van der Waals surface area (Å²) in [6.07, 6.45) is -5.33. The third kappa shape index (κ3) is 37.3. The van der Waals surface area contributed by atoms with Crippen molar-refractivity contribution in [1.29, 1.82) is 0 Å². The van der Waals surface area contributed by atoms with Crippen molar-refractivity contribution in [2.45, 2.75) is 178 Å². The number of anilines is 5. The number of aliphatic carboxylic acids is 9. The summed E-state index contributed by atoms with van der Waals surface area (Å²) >= 11 is 0. The Labute approximate surface area is 848 Å². The summed E-state index contributed by atoms with van der Waals surface area (Å²) in [6.45, 7) is 0.985. The van der Waals surface area contributed by atoms with Gasteiger partial charge in [0, 0.05) is 153 Å². The molecule has 2 aliphatic heterocycles. The molecule has 3 heterocycles. The van der Waals surface area contributed by atoms with Crippen LogP contribution in [0.1, 0.15) is 138 Å². The van der Waals surface area contributed by atoms with Gasteiger partial charge in [-0.3, -0.25) is 101 Å². The quantitative estimate of drug-likeness (QED) is 0.0152. The molecule has 0 aliphatic carbocycles. The number of carbonyl (C=O) groups excluding carboxylic acids is 10. The van der Waals surface area contributed by atoms with Crippen molar-refractivity contribution in [2.24, 2.45) is 11.7 Å². The van der Waals surface area contributed by atoms with Crippen LogP contribution >= 0.6 is 0 Å². The van der Waals surface area contributed by atoms with Crippen molar-refractivity contribution in [3.8, 4) is 17.0 Å². The molecule has 8 rings (SSSR count). The van der Waals surface area contributed by atoms with Crippen LogP contribution in [0.5, 0.6) is 5.75 Å². The van der Waals surface area contributed by atoms with Crippen molar-refractivity contribution in [3.63, 3.8) is 0 Å². The molecule has 55 heteroatoms. The molecule has 1 aromatic heterocycles. The first-order valence-electron chi connectivity index (χ1n) is 47.8. The van der Waals surface area contributed by atoms with Gasteiger partial charge in [-0.25, -0.2) is 33.2 Å². The van der Waals surface area contributed by atoms with Crippen LogP contribution in [-0.4, -0.2) is 355 Å². The Balaban J connectivity index is 0.918. The van der Waals surface area contributed by atoms with Crippen molar-refractivity contribution in [3.05, 3.63) is 124 Å². The Bertz CT molecular complexity index is 5950. The number of H-pyrrole nitrogens is 1. The minimum Gasteiger partial charge on any atom is -0.481 e. The maximum absolute atomic E-state index is 14.6. The number of primary amides is 1. The molecule has 1 fully saturated rings. The number of aromatic nitrogens is 1. The Morgan fingerprint density at radius 2 is 0.953 bits per heavy atom. The van der Waals surface area contributed by atoms with E-state index in [9.17, 15) is 156 Å². The maximum Gasteiger partial charge on any atom is 0.415 e. The number of rotatable bonds is 61. The molecular weight excluding hydrogens is 1970 g/mol. The summed E-state index contributed by atoms with van der Waals surface area (Å²) in [7, 11) is 1.50.